The van der Waals surface area contributed by atoms with Crippen LogP contribution >= 0.6 is 12.6 Å². The lowest BCUT2D eigenvalue weighted by Crippen LogP contribution is -2.58. The van der Waals surface area contributed by atoms with Gasteiger partial charge >= 0.3 is 5.97 Å². The number of nitrogens with zero attached hydrogens (tertiary/aromatic N) is 2. The number of aromatic nitrogens is 2. The highest BCUT2D eigenvalue weighted by molar-refractivity contribution is 7.80. The van der Waals surface area contributed by atoms with Gasteiger partial charge in [0.05, 0.1) is 12.4 Å². The van der Waals surface area contributed by atoms with Gasteiger partial charge in [-0.2, -0.15) is 12.6 Å². The Bertz CT molecular complexity index is 874. The molecule has 35 heavy (non-hydrogen) atoms. The van der Waals surface area contributed by atoms with Crippen molar-refractivity contribution in [1.29, 1.82) is 0 Å². The van der Waals surface area contributed by atoms with Gasteiger partial charge in [-0.3, -0.25) is 19.4 Å². The first-order valence-corrected chi connectivity index (χ1v) is 11.6. The molecule has 3 amide bonds. The highest BCUT2D eigenvalue weighted by Crippen LogP contribution is 2.05. The van der Waals surface area contributed by atoms with Crippen molar-refractivity contribution in [2.24, 2.45) is 28.1 Å². The van der Waals surface area contributed by atoms with Crippen LogP contribution in [0, 0.1) is 5.92 Å². The van der Waals surface area contributed by atoms with E-state index in [2.05, 4.69) is 43.5 Å². The Balaban J connectivity index is 2.87. The smallest absolute Gasteiger partial charge is 0.326 e. The average molecular weight is 514 g/mol. The Labute approximate surface area is 208 Å². The summed E-state index contributed by atoms with van der Waals surface area (Å²) in [6.07, 6.45) is 3.68. The van der Waals surface area contributed by atoms with Crippen LogP contribution in [-0.4, -0.2) is 81.2 Å². The van der Waals surface area contributed by atoms with Crippen LogP contribution in [-0.2, 0) is 25.6 Å². The molecule has 196 valence electrons. The predicted octanol–water partition coefficient (Wildman–Crippen LogP) is -2.54. The average Bonchev–Trinajstić information content (AvgIpc) is 3.30. The second-order valence-corrected chi connectivity index (χ2v) is 8.57. The number of carbonyl (C=O) groups excluding carboxylic acids is 3. The van der Waals surface area contributed by atoms with Crippen molar-refractivity contribution in [2.75, 3.05) is 12.3 Å². The normalized spacial score (nSPS) is 14.3. The Kier molecular flexibility index (Phi) is 12.6. The Morgan fingerprint density at radius 2 is 1.74 bits per heavy atom. The minimum atomic E-state index is -1.20. The maximum Gasteiger partial charge on any atom is 0.326 e. The predicted molar refractivity (Wildman–Crippen MR) is 132 cm³/mol. The molecule has 1 heterocycles. The van der Waals surface area contributed by atoms with E-state index in [0.717, 1.165) is 0 Å². The zero-order valence-corrected chi connectivity index (χ0v) is 20.6. The minimum Gasteiger partial charge on any atom is -0.480 e. The van der Waals surface area contributed by atoms with E-state index in [1.807, 2.05) is 0 Å². The van der Waals surface area contributed by atoms with Gasteiger partial charge in [-0.05, 0) is 18.8 Å². The molecule has 15 heteroatoms. The number of aliphatic imine (C=N–C) groups is 1. The molecule has 0 radical (unpaired) electrons. The molecular weight excluding hydrogens is 478 g/mol. The van der Waals surface area contributed by atoms with Crippen molar-refractivity contribution in [2.45, 2.75) is 57.3 Å². The number of hydrogen-bond acceptors (Lipinski definition) is 8. The molecule has 4 atom stereocenters. The van der Waals surface area contributed by atoms with Gasteiger partial charge < -0.3 is 43.2 Å². The lowest BCUT2D eigenvalue weighted by atomic mass is 10.0. The third-order valence-corrected chi connectivity index (χ3v) is 5.33. The number of aliphatic carboxylic acids is 1. The summed E-state index contributed by atoms with van der Waals surface area (Å²) >= 11 is 4.10. The van der Waals surface area contributed by atoms with Gasteiger partial charge in [0, 0.05) is 30.6 Å². The zero-order chi connectivity index (χ0) is 26.5. The molecule has 0 aromatic carbocycles. The van der Waals surface area contributed by atoms with Crippen LogP contribution < -0.4 is 33.2 Å². The van der Waals surface area contributed by atoms with E-state index >= 15 is 0 Å². The van der Waals surface area contributed by atoms with Crippen LogP contribution in [0.1, 0.15) is 32.4 Å². The largest absolute Gasteiger partial charge is 0.480 e. The first-order valence-electron chi connectivity index (χ1n) is 11.0. The van der Waals surface area contributed by atoms with E-state index in [9.17, 15) is 24.3 Å². The molecule has 0 fully saturated rings. The van der Waals surface area contributed by atoms with E-state index in [4.69, 9.17) is 17.2 Å². The molecule has 0 aliphatic heterocycles. The number of H-pyrrole nitrogens is 1. The van der Waals surface area contributed by atoms with Gasteiger partial charge in [0.15, 0.2) is 5.96 Å². The van der Waals surface area contributed by atoms with E-state index < -0.39 is 47.9 Å². The fourth-order valence-corrected chi connectivity index (χ4v) is 3.25. The lowest BCUT2D eigenvalue weighted by molar-refractivity contribution is -0.143. The summed E-state index contributed by atoms with van der Waals surface area (Å²) in [6, 6.07) is -4.30. The highest BCUT2D eigenvalue weighted by atomic mass is 32.1. The van der Waals surface area contributed by atoms with E-state index in [1.54, 1.807) is 13.8 Å². The SMILES string of the molecule is CC(C)C(NC(=O)C(CS)NC(=O)C(Cc1cnc[nH]1)NC(=O)C(N)CCCN=C(N)N)C(=O)O. The molecule has 0 aliphatic carbocycles. The topological polar surface area (TPSA) is 244 Å². The Morgan fingerprint density at radius 1 is 1.11 bits per heavy atom. The minimum absolute atomic E-state index is 0.0446. The molecule has 1 aromatic heterocycles. The first-order chi connectivity index (χ1) is 16.5. The van der Waals surface area contributed by atoms with Gasteiger partial charge in [-0.25, -0.2) is 9.78 Å². The molecule has 14 nitrogen and oxygen atoms in total. The molecular formula is C20H35N9O5S. The molecule has 1 aromatic rings. The van der Waals surface area contributed by atoms with Gasteiger partial charge in [-0.15, -0.1) is 0 Å². The number of thiol groups is 1. The van der Waals surface area contributed by atoms with Crippen LogP contribution in [0.3, 0.4) is 0 Å². The van der Waals surface area contributed by atoms with Crippen LogP contribution in [0.15, 0.2) is 17.5 Å². The number of amides is 3. The highest BCUT2D eigenvalue weighted by Gasteiger charge is 2.31. The number of carboxylic acids is 1. The molecule has 0 saturated heterocycles. The summed E-state index contributed by atoms with van der Waals surface area (Å²) in [6.45, 7) is 3.58. The summed E-state index contributed by atoms with van der Waals surface area (Å²) < 4.78 is 0. The van der Waals surface area contributed by atoms with Gasteiger partial charge in [0.25, 0.3) is 0 Å². The number of carbonyl (C=O) groups is 4. The maximum absolute atomic E-state index is 13.0. The number of carboxylic acid groups (broad SMARTS) is 1. The van der Waals surface area contributed by atoms with E-state index in [-0.39, 0.29) is 30.5 Å². The number of imidazole rings is 1. The molecule has 4 unspecified atom stereocenters. The van der Waals surface area contributed by atoms with Gasteiger partial charge in [-0.1, -0.05) is 13.8 Å². The monoisotopic (exact) mass is 513 g/mol. The number of nitrogens with one attached hydrogen (secondary N) is 4. The Hall–Kier alpha value is -3.33. The maximum atomic E-state index is 13.0. The molecule has 0 aliphatic rings. The van der Waals surface area contributed by atoms with Gasteiger partial charge in [0.1, 0.15) is 18.1 Å². The van der Waals surface area contributed by atoms with Crippen molar-refractivity contribution < 1.29 is 24.3 Å². The summed E-state index contributed by atoms with van der Waals surface area (Å²) in [5, 5.41) is 16.8. The number of guanidine groups is 1. The molecule has 11 N–H and O–H groups in total. The molecule has 0 bridgehead atoms. The lowest BCUT2D eigenvalue weighted by Gasteiger charge is -2.25. The van der Waals surface area contributed by atoms with Crippen molar-refractivity contribution in [3.05, 3.63) is 18.2 Å². The number of aromatic amines is 1. The van der Waals surface area contributed by atoms with Crippen molar-refractivity contribution in [1.82, 2.24) is 25.9 Å². The number of rotatable bonds is 15. The van der Waals surface area contributed by atoms with E-state index in [1.165, 1.54) is 12.5 Å². The third kappa shape index (κ3) is 10.6. The van der Waals surface area contributed by atoms with E-state index in [0.29, 0.717) is 18.7 Å². The first kappa shape index (κ1) is 29.7. The second-order valence-electron chi connectivity index (χ2n) is 8.21. The Morgan fingerprint density at radius 3 is 2.26 bits per heavy atom. The van der Waals surface area contributed by atoms with Gasteiger partial charge in [0.2, 0.25) is 17.7 Å². The molecule has 1 rings (SSSR count). The second kappa shape index (κ2) is 14.8. The van der Waals surface area contributed by atoms with Crippen LogP contribution in [0.25, 0.3) is 0 Å². The fraction of sp³-hybridized carbons (Fsp3) is 0.600. The number of hydrogen-bond donors (Lipinski definition) is 9. The third-order valence-electron chi connectivity index (χ3n) is 4.96. The van der Waals surface area contributed by atoms with Crippen LogP contribution in [0.5, 0.6) is 0 Å². The zero-order valence-electron chi connectivity index (χ0n) is 19.7. The standard InChI is InChI=1S/C20H35N9O5S/c1-10(2)15(19(33)34)29-18(32)14(8-35)28-17(31)13(6-11-7-24-9-26-11)27-16(30)12(21)4-3-5-25-20(22)23/h7,9-10,12-15,35H,3-6,8,21H2,1-2H3,(H,24,26)(H,27,30)(H,28,31)(H,29,32)(H,33,34)(H4,22,23,25). The summed E-state index contributed by atoms with van der Waals surface area (Å²) in [4.78, 5) is 60.2. The fourth-order valence-electron chi connectivity index (χ4n) is 2.99. The van der Waals surface area contributed by atoms with Crippen molar-refractivity contribution in [3.8, 4) is 0 Å². The van der Waals surface area contributed by atoms with Crippen molar-refractivity contribution >= 4 is 42.3 Å². The summed E-state index contributed by atoms with van der Waals surface area (Å²) in [5.41, 5.74) is 17.0. The summed E-state index contributed by atoms with van der Waals surface area (Å²) in [7, 11) is 0. The van der Waals surface area contributed by atoms with Crippen molar-refractivity contribution in [3.63, 3.8) is 0 Å². The molecule has 0 saturated carbocycles. The summed E-state index contributed by atoms with van der Waals surface area (Å²) in [5.74, 6) is -3.71. The molecule has 0 spiro atoms. The van der Waals surface area contributed by atoms with Crippen LogP contribution in [0.2, 0.25) is 0 Å². The quantitative estimate of drug-likeness (QED) is 0.0518. The van der Waals surface area contributed by atoms with Crippen LogP contribution in [0.4, 0.5) is 0 Å². The number of nitrogens with two attached hydrogens (primary N) is 3.